The van der Waals surface area contributed by atoms with Crippen LogP contribution in [-0.2, 0) is 10.0 Å². The Balaban J connectivity index is 1.79. The second kappa shape index (κ2) is 7.87. The predicted octanol–water partition coefficient (Wildman–Crippen LogP) is 3.12. The molecule has 0 saturated carbocycles. The van der Waals surface area contributed by atoms with E-state index >= 15 is 0 Å². The van der Waals surface area contributed by atoms with E-state index in [4.69, 9.17) is 0 Å². The van der Waals surface area contributed by atoms with Crippen molar-refractivity contribution in [3.63, 3.8) is 0 Å². The van der Waals surface area contributed by atoms with Gasteiger partial charge in [0.1, 0.15) is 0 Å². The summed E-state index contributed by atoms with van der Waals surface area (Å²) in [5, 5.41) is 0. The van der Waals surface area contributed by atoms with Gasteiger partial charge >= 0.3 is 0 Å². The zero-order valence-electron chi connectivity index (χ0n) is 15.0. The smallest absolute Gasteiger partial charge is 0.253 e. The summed E-state index contributed by atoms with van der Waals surface area (Å²) >= 11 is 0. The monoisotopic (exact) mass is 364 g/mol. The minimum Gasteiger partial charge on any atom is -0.339 e. The van der Waals surface area contributed by atoms with Gasteiger partial charge in [0.25, 0.3) is 5.91 Å². The molecule has 2 aliphatic rings. The molecule has 1 aromatic carbocycles. The van der Waals surface area contributed by atoms with Gasteiger partial charge in [-0.25, -0.2) is 8.42 Å². The van der Waals surface area contributed by atoms with Crippen LogP contribution in [0.4, 0.5) is 0 Å². The summed E-state index contributed by atoms with van der Waals surface area (Å²) in [4.78, 5) is 14.9. The molecule has 0 bridgehead atoms. The number of carbonyl (C=O) groups excluding carboxylic acids is 1. The summed E-state index contributed by atoms with van der Waals surface area (Å²) in [6, 6.07) is 6.57. The third-order valence-corrected chi connectivity index (χ3v) is 7.25. The van der Waals surface area contributed by atoms with Gasteiger partial charge in [0.15, 0.2) is 0 Å². The molecule has 0 unspecified atom stereocenters. The number of likely N-dealkylation sites (tertiary alicyclic amines) is 1. The fourth-order valence-electron chi connectivity index (χ4n) is 3.62. The van der Waals surface area contributed by atoms with Crippen LogP contribution < -0.4 is 0 Å². The molecule has 1 amide bonds. The van der Waals surface area contributed by atoms with E-state index < -0.39 is 10.0 Å². The number of rotatable bonds is 3. The summed E-state index contributed by atoms with van der Waals surface area (Å²) in [5.74, 6) is 0.522. The number of hydrogen-bond acceptors (Lipinski definition) is 3. The number of piperidine rings is 1. The summed E-state index contributed by atoms with van der Waals surface area (Å²) < 4.78 is 27.4. The molecule has 0 radical (unpaired) electrons. The Hall–Kier alpha value is -1.40. The van der Waals surface area contributed by atoms with E-state index in [-0.39, 0.29) is 10.8 Å². The Morgan fingerprint density at radius 1 is 1.00 bits per heavy atom. The molecular weight excluding hydrogens is 336 g/mol. The summed E-state index contributed by atoms with van der Waals surface area (Å²) in [6.45, 7) is 4.81. The molecule has 138 valence electrons. The van der Waals surface area contributed by atoms with Gasteiger partial charge in [-0.15, -0.1) is 0 Å². The number of nitrogens with zero attached hydrogens (tertiary/aromatic N) is 2. The van der Waals surface area contributed by atoms with Crippen LogP contribution in [0.15, 0.2) is 29.2 Å². The molecule has 2 heterocycles. The highest BCUT2D eigenvalue weighted by Crippen LogP contribution is 2.24. The molecule has 0 spiro atoms. The van der Waals surface area contributed by atoms with Crippen molar-refractivity contribution in [2.24, 2.45) is 5.92 Å². The van der Waals surface area contributed by atoms with Crippen molar-refractivity contribution in [1.29, 1.82) is 0 Å². The van der Waals surface area contributed by atoms with Gasteiger partial charge in [0.2, 0.25) is 10.0 Å². The first-order valence-corrected chi connectivity index (χ1v) is 10.8. The molecule has 25 heavy (non-hydrogen) atoms. The maximum Gasteiger partial charge on any atom is 0.253 e. The fourth-order valence-corrected chi connectivity index (χ4v) is 5.14. The second-order valence-electron chi connectivity index (χ2n) is 7.32. The van der Waals surface area contributed by atoms with Crippen LogP contribution in [0.25, 0.3) is 0 Å². The standard InChI is InChI=1S/C19H28N2O3S/c1-16-9-13-21(14-10-16)25(23,24)18-8-6-7-17(15-18)19(22)20-11-4-2-3-5-12-20/h6-8,15-16H,2-5,9-14H2,1H3. The highest BCUT2D eigenvalue weighted by atomic mass is 32.2. The Kier molecular flexibility index (Phi) is 5.79. The third kappa shape index (κ3) is 4.23. The first kappa shape index (κ1) is 18.4. The Bertz CT molecular complexity index is 701. The number of sulfonamides is 1. The molecule has 0 N–H and O–H groups in total. The van der Waals surface area contributed by atoms with Crippen molar-refractivity contribution in [3.8, 4) is 0 Å². The van der Waals surface area contributed by atoms with E-state index in [1.165, 1.54) is 0 Å². The average Bonchev–Trinajstić information content (AvgIpc) is 2.91. The lowest BCUT2D eigenvalue weighted by atomic mass is 10.0. The van der Waals surface area contributed by atoms with Gasteiger partial charge in [-0.1, -0.05) is 25.8 Å². The van der Waals surface area contributed by atoms with Crippen LogP contribution in [0.3, 0.4) is 0 Å². The van der Waals surface area contributed by atoms with Crippen molar-refractivity contribution in [2.75, 3.05) is 26.2 Å². The summed E-state index contributed by atoms with van der Waals surface area (Å²) in [7, 11) is -3.52. The van der Waals surface area contributed by atoms with E-state index in [9.17, 15) is 13.2 Å². The lowest BCUT2D eigenvalue weighted by Gasteiger charge is -2.29. The number of benzene rings is 1. The summed E-state index contributed by atoms with van der Waals surface area (Å²) in [5.41, 5.74) is 0.480. The molecule has 5 nitrogen and oxygen atoms in total. The van der Waals surface area contributed by atoms with Gasteiger partial charge in [0.05, 0.1) is 4.90 Å². The van der Waals surface area contributed by atoms with Crippen LogP contribution >= 0.6 is 0 Å². The normalized spacial score (nSPS) is 21.1. The van der Waals surface area contributed by atoms with Gasteiger partial charge in [-0.05, 0) is 49.8 Å². The van der Waals surface area contributed by atoms with Crippen LogP contribution in [0.2, 0.25) is 0 Å². The van der Waals surface area contributed by atoms with Gasteiger partial charge in [-0.2, -0.15) is 4.31 Å². The molecular formula is C19H28N2O3S. The van der Waals surface area contributed by atoms with Crippen molar-refractivity contribution in [1.82, 2.24) is 9.21 Å². The SMILES string of the molecule is CC1CCN(S(=O)(=O)c2cccc(C(=O)N3CCCCCC3)c2)CC1. The quantitative estimate of drug-likeness (QED) is 0.828. The molecule has 0 atom stereocenters. The molecule has 1 aromatic rings. The Morgan fingerprint density at radius 3 is 2.28 bits per heavy atom. The van der Waals surface area contributed by atoms with E-state index in [0.717, 1.165) is 51.6 Å². The van der Waals surface area contributed by atoms with Gasteiger partial charge in [0, 0.05) is 31.7 Å². The molecule has 2 fully saturated rings. The largest absolute Gasteiger partial charge is 0.339 e. The van der Waals surface area contributed by atoms with Crippen molar-refractivity contribution in [2.45, 2.75) is 50.3 Å². The van der Waals surface area contributed by atoms with E-state index in [1.807, 2.05) is 4.90 Å². The highest BCUT2D eigenvalue weighted by molar-refractivity contribution is 7.89. The minimum absolute atomic E-state index is 0.0498. The average molecular weight is 365 g/mol. The third-order valence-electron chi connectivity index (χ3n) is 5.35. The van der Waals surface area contributed by atoms with Crippen molar-refractivity contribution < 1.29 is 13.2 Å². The zero-order valence-corrected chi connectivity index (χ0v) is 15.8. The lowest BCUT2D eigenvalue weighted by Crippen LogP contribution is -2.38. The minimum atomic E-state index is -3.52. The zero-order chi connectivity index (χ0) is 17.9. The maximum atomic E-state index is 12.9. The van der Waals surface area contributed by atoms with E-state index in [2.05, 4.69) is 6.92 Å². The molecule has 0 aliphatic carbocycles. The van der Waals surface area contributed by atoms with Crippen LogP contribution in [-0.4, -0.2) is 49.7 Å². The van der Waals surface area contributed by atoms with Crippen LogP contribution in [0, 0.1) is 5.92 Å². The second-order valence-corrected chi connectivity index (χ2v) is 9.26. The molecule has 2 saturated heterocycles. The fraction of sp³-hybridized carbons (Fsp3) is 0.632. The number of hydrogen-bond donors (Lipinski definition) is 0. The summed E-state index contributed by atoms with van der Waals surface area (Å²) in [6.07, 6.45) is 6.15. The molecule has 2 aliphatic heterocycles. The molecule has 0 aromatic heterocycles. The topological polar surface area (TPSA) is 57.7 Å². The van der Waals surface area contributed by atoms with E-state index in [0.29, 0.717) is 24.6 Å². The molecule has 3 rings (SSSR count). The first-order chi connectivity index (χ1) is 12.0. The maximum absolute atomic E-state index is 12.9. The molecule has 6 heteroatoms. The predicted molar refractivity (Wildman–Crippen MR) is 98.0 cm³/mol. The van der Waals surface area contributed by atoms with Crippen LogP contribution in [0.1, 0.15) is 55.8 Å². The lowest BCUT2D eigenvalue weighted by molar-refractivity contribution is 0.0761. The highest BCUT2D eigenvalue weighted by Gasteiger charge is 2.29. The van der Waals surface area contributed by atoms with Crippen molar-refractivity contribution >= 4 is 15.9 Å². The van der Waals surface area contributed by atoms with Crippen molar-refractivity contribution in [3.05, 3.63) is 29.8 Å². The first-order valence-electron chi connectivity index (χ1n) is 9.38. The van der Waals surface area contributed by atoms with Crippen LogP contribution in [0.5, 0.6) is 0 Å². The van der Waals surface area contributed by atoms with E-state index in [1.54, 1.807) is 28.6 Å². The Labute approximate surface area is 151 Å². The number of carbonyl (C=O) groups is 1. The van der Waals surface area contributed by atoms with Gasteiger partial charge < -0.3 is 4.90 Å². The van der Waals surface area contributed by atoms with Gasteiger partial charge in [-0.3, -0.25) is 4.79 Å². The Morgan fingerprint density at radius 2 is 1.64 bits per heavy atom. The number of amides is 1.